The van der Waals surface area contributed by atoms with Gasteiger partial charge in [-0.3, -0.25) is 0 Å². The Balaban J connectivity index is 2.33. The molecule has 0 saturated carbocycles. The number of alkyl halides is 1. The lowest BCUT2D eigenvalue weighted by Gasteiger charge is -2.26. The van der Waals surface area contributed by atoms with Gasteiger partial charge >= 0.3 is 6.09 Å². The maximum absolute atomic E-state index is 13.0. The number of piperidine rings is 1. The summed E-state index contributed by atoms with van der Waals surface area (Å²) in [5.74, 6) is 0. The molecule has 0 unspecified atom stereocenters. The molecule has 0 radical (unpaired) electrons. The van der Waals surface area contributed by atoms with E-state index in [9.17, 15) is 9.18 Å². The average Bonchev–Trinajstić information content (AvgIpc) is 2.09. The lowest BCUT2D eigenvalue weighted by Crippen LogP contribution is -2.50. The molecular formula is C7H13FN2O2. The van der Waals surface area contributed by atoms with Crippen molar-refractivity contribution in [3.63, 3.8) is 0 Å². The van der Waals surface area contributed by atoms with Crippen LogP contribution in [0.4, 0.5) is 9.18 Å². The number of amides is 1. The monoisotopic (exact) mass is 176 g/mol. The van der Waals surface area contributed by atoms with Crippen molar-refractivity contribution in [1.29, 1.82) is 0 Å². The van der Waals surface area contributed by atoms with Crippen molar-refractivity contribution in [2.24, 2.45) is 0 Å². The Bertz CT molecular complexity index is 165. The van der Waals surface area contributed by atoms with Gasteiger partial charge in [-0.1, -0.05) is 0 Å². The van der Waals surface area contributed by atoms with E-state index in [0.29, 0.717) is 13.0 Å². The third kappa shape index (κ3) is 2.34. The average molecular weight is 176 g/mol. The quantitative estimate of drug-likeness (QED) is 0.593. The second-order valence-corrected chi connectivity index (χ2v) is 2.75. The first-order valence-electron chi connectivity index (χ1n) is 3.93. The zero-order valence-electron chi connectivity index (χ0n) is 6.97. The van der Waals surface area contributed by atoms with Crippen LogP contribution in [-0.2, 0) is 4.74 Å². The number of hydrogen-bond donors (Lipinski definition) is 2. The Morgan fingerprint density at radius 2 is 2.50 bits per heavy atom. The van der Waals surface area contributed by atoms with Crippen LogP contribution in [0.1, 0.15) is 6.42 Å². The molecule has 2 atom stereocenters. The van der Waals surface area contributed by atoms with Gasteiger partial charge < -0.3 is 15.4 Å². The highest BCUT2D eigenvalue weighted by Gasteiger charge is 2.25. The molecular weight excluding hydrogens is 163 g/mol. The van der Waals surface area contributed by atoms with Gasteiger partial charge in [-0.2, -0.15) is 0 Å². The maximum atomic E-state index is 13.0. The summed E-state index contributed by atoms with van der Waals surface area (Å²) in [5, 5.41) is 5.33. The first-order chi connectivity index (χ1) is 5.74. The SMILES string of the molecule is COC(=O)N[C@H]1CCNC[C@H]1F. The second kappa shape index (κ2) is 4.25. The summed E-state index contributed by atoms with van der Waals surface area (Å²) < 4.78 is 17.4. The fraction of sp³-hybridized carbons (Fsp3) is 0.857. The number of nitrogens with one attached hydrogen (secondary N) is 2. The molecule has 0 aromatic carbocycles. The van der Waals surface area contributed by atoms with Crippen LogP contribution in [0.2, 0.25) is 0 Å². The first kappa shape index (κ1) is 9.25. The van der Waals surface area contributed by atoms with E-state index in [1.54, 1.807) is 0 Å². The van der Waals surface area contributed by atoms with Crippen molar-refractivity contribution in [3.8, 4) is 0 Å². The van der Waals surface area contributed by atoms with E-state index in [1.165, 1.54) is 7.11 Å². The molecule has 1 aliphatic rings. The van der Waals surface area contributed by atoms with Crippen molar-refractivity contribution in [2.45, 2.75) is 18.6 Å². The third-order valence-electron chi connectivity index (χ3n) is 1.90. The van der Waals surface area contributed by atoms with E-state index >= 15 is 0 Å². The number of hydrogen-bond acceptors (Lipinski definition) is 3. The number of methoxy groups -OCH3 is 1. The highest BCUT2D eigenvalue weighted by Crippen LogP contribution is 2.07. The molecule has 0 aromatic rings. The summed E-state index contributed by atoms with van der Waals surface area (Å²) in [4.78, 5) is 10.7. The molecule has 1 rings (SSSR count). The van der Waals surface area contributed by atoms with Crippen molar-refractivity contribution < 1.29 is 13.9 Å². The van der Waals surface area contributed by atoms with E-state index in [1.807, 2.05) is 0 Å². The number of carbonyl (C=O) groups excluding carboxylic acids is 1. The van der Waals surface area contributed by atoms with Gasteiger partial charge in [-0.25, -0.2) is 9.18 Å². The first-order valence-corrected chi connectivity index (χ1v) is 3.93. The molecule has 1 aliphatic heterocycles. The van der Waals surface area contributed by atoms with Gasteiger partial charge in [-0.15, -0.1) is 0 Å². The van der Waals surface area contributed by atoms with E-state index in [-0.39, 0.29) is 0 Å². The molecule has 0 bridgehead atoms. The number of carbonyl (C=O) groups is 1. The van der Waals surface area contributed by atoms with Crippen molar-refractivity contribution in [1.82, 2.24) is 10.6 Å². The van der Waals surface area contributed by atoms with Gasteiger partial charge in [0.1, 0.15) is 6.17 Å². The Hall–Kier alpha value is -0.840. The number of halogens is 1. The van der Waals surface area contributed by atoms with Crippen LogP contribution in [0.15, 0.2) is 0 Å². The van der Waals surface area contributed by atoms with Crippen LogP contribution < -0.4 is 10.6 Å². The number of rotatable bonds is 1. The van der Waals surface area contributed by atoms with Gasteiger partial charge in [-0.05, 0) is 13.0 Å². The van der Waals surface area contributed by atoms with Gasteiger partial charge in [0.2, 0.25) is 0 Å². The zero-order valence-corrected chi connectivity index (χ0v) is 6.97. The van der Waals surface area contributed by atoms with Crippen LogP contribution in [0.25, 0.3) is 0 Å². The fourth-order valence-corrected chi connectivity index (χ4v) is 1.19. The molecule has 1 amide bonds. The third-order valence-corrected chi connectivity index (χ3v) is 1.90. The molecule has 0 aliphatic carbocycles. The highest BCUT2D eigenvalue weighted by atomic mass is 19.1. The zero-order chi connectivity index (χ0) is 8.97. The molecule has 4 nitrogen and oxygen atoms in total. The van der Waals surface area contributed by atoms with E-state index in [4.69, 9.17) is 0 Å². The molecule has 1 fully saturated rings. The van der Waals surface area contributed by atoms with E-state index < -0.39 is 18.3 Å². The molecule has 0 spiro atoms. The molecule has 5 heteroatoms. The lowest BCUT2D eigenvalue weighted by molar-refractivity contribution is 0.146. The van der Waals surface area contributed by atoms with Crippen LogP contribution >= 0.6 is 0 Å². The molecule has 0 aromatic heterocycles. The lowest BCUT2D eigenvalue weighted by atomic mass is 10.1. The highest BCUT2D eigenvalue weighted by molar-refractivity contribution is 5.67. The second-order valence-electron chi connectivity index (χ2n) is 2.75. The molecule has 1 saturated heterocycles. The van der Waals surface area contributed by atoms with Crippen molar-refractivity contribution >= 4 is 6.09 Å². The van der Waals surface area contributed by atoms with E-state index in [0.717, 1.165) is 6.54 Å². The van der Waals surface area contributed by atoms with Gasteiger partial charge in [0.25, 0.3) is 0 Å². The summed E-state index contributed by atoms with van der Waals surface area (Å²) >= 11 is 0. The minimum Gasteiger partial charge on any atom is -0.453 e. The minimum atomic E-state index is -1.02. The predicted molar refractivity (Wildman–Crippen MR) is 41.7 cm³/mol. The number of alkyl carbamates (subject to hydrolysis) is 1. The molecule has 1 heterocycles. The largest absolute Gasteiger partial charge is 0.453 e. The number of ether oxygens (including phenoxy) is 1. The summed E-state index contributed by atoms with van der Waals surface area (Å²) in [6.45, 7) is 1.03. The molecule has 12 heavy (non-hydrogen) atoms. The van der Waals surface area contributed by atoms with Gasteiger partial charge in [0, 0.05) is 6.54 Å². The van der Waals surface area contributed by atoms with Crippen LogP contribution in [-0.4, -0.2) is 38.5 Å². The van der Waals surface area contributed by atoms with Crippen LogP contribution in [0, 0.1) is 0 Å². The van der Waals surface area contributed by atoms with Gasteiger partial charge in [0.05, 0.1) is 13.2 Å². The Labute approximate surface area is 70.5 Å². The smallest absolute Gasteiger partial charge is 0.407 e. The summed E-state index contributed by atoms with van der Waals surface area (Å²) in [6, 6.07) is -0.404. The summed E-state index contributed by atoms with van der Waals surface area (Å²) in [7, 11) is 1.27. The fourth-order valence-electron chi connectivity index (χ4n) is 1.19. The van der Waals surface area contributed by atoms with Crippen LogP contribution in [0.5, 0.6) is 0 Å². The topological polar surface area (TPSA) is 50.4 Å². The maximum Gasteiger partial charge on any atom is 0.407 e. The Kier molecular flexibility index (Phi) is 3.28. The molecule has 70 valence electrons. The Morgan fingerprint density at radius 3 is 3.08 bits per heavy atom. The van der Waals surface area contributed by atoms with Crippen molar-refractivity contribution in [2.75, 3.05) is 20.2 Å². The van der Waals surface area contributed by atoms with Gasteiger partial charge in [0.15, 0.2) is 0 Å². The standard InChI is InChI=1S/C7H13FN2O2/c1-12-7(11)10-6-2-3-9-4-5(6)8/h5-6,9H,2-4H2,1H3,(H,10,11)/t5-,6+/m1/s1. The normalized spacial score (nSPS) is 29.5. The van der Waals surface area contributed by atoms with E-state index in [2.05, 4.69) is 15.4 Å². The van der Waals surface area contributed by atoms with Crippen LogP contribution in [0.3, 0.4) is 0 Å². The minimum absolute atomic E-state index is 0.300. The predicted octanol–water partition coefficient (Wildman–Crippen LogP) is 0.0424. The summed E-state index contributed by atoms with van der Waals surface area (Å²) in [6.07, 6.45) is -0.974. The Morgan fingerprint density at radius 1 is 1.75 bits per heavy atom. The molecule has 2 N–H and O–H groups in total. The van der Waals surface area contributed by atoms with Crippen molar-refractivity contribution in [3.05, 3.63) is 0 Å². The summed E-state index contributed by atoms with van der Waals surface area (Å²) in [5.41, 5.74) is 0.